The largest absolute Gasteiger partial charge is 0.356 e. The molecule has 0 atom stereocenters. The second-order valence-electron chi connectivity index (χ2n) is 8.02. The number of carbonyl (C=O) groups is 1. The zero-order chi connectivity index (χ0) is 22.2. The number of hydrogen-bond donors (Lipinski definition) is 1. The first-order valence-corrected chi connectivity index (χ1v) is 11.1. The highest BCUT2D eigenvalue weighted by Crippen LogP contribution is 2.14. The quantitative estimate of drug-likeness (QED) is 0.553. The van der Waals surface area contributed by atoms with Crippen LogP contribution in [0.1, 0.15) is 21.5 Å². The number of carbonyl (C=O) groups excluding carboxylic acids is 1. The molecule has 6 nitrogen and oxygen atoms in total. The summed E-state index contributed by atoms with van der Waals surface area (Å²) in [5.74, 6) is 0.962. The van der Waals surface area contributed by atoms with Crippen molar-refractivity contribution in [2.45, 2.75) is 13.0 Å². The van der Waals surface area contributed by atoms with Crippen molar-refractivity contribution in [1.82, 2.24) is 20.0 Å². The molecule has 1 aliphatic rings. The van der Waals surface area contributed by atoms with E-state index in [9.17, 15) is 4.79 Å². The number of amides is 1. The summed E-state index contributed by atoms with van der Waals surface area (Å²) in [6.07, 6.45) is 0.836. The van der Waals surface area contributed by atoms with Crippen LogP contribution in [-0.4, -0.2) is 80.4 Å². The van der Waals surface area contributed by atoms with Crippen molar-refractivity contribution in [3.63, 3.8) is 0 Å². The molecule has 1 saturated heterocycles. The Labute approximate surface area is 190 Å². The molecule has 1 aliphatic heterocycles. The summed E-state index contributed by atoms with van der Waals surface area (Å²) in [6.45, 7) is 5.54. The Morgan fingerprint density at radius 1 is 1.06 bits per heavy atom. The van der Waals surface area contributed by atoms with E-state index in [1.165, 1.54) is 5.56 Å². The van der Waals surface area contributed by atoms with Crippen LogP contribution >= 0.6 is 11.6 Å². The van der Waals surface area contributed by atoms with E-state index < -0.39 is 0 Å². The maximum absolute atomic E-state index is 12.2. The van der Waals surface area contributed by atoms with Gasteiger partial charge in [0.05, 0.1) is 0 Å². The van der Waals surface area contributed by atoms with Crippen molar-refractivity contribution in [3.8, 4) is 0 Å². The second-order valence-corrected chi connectivity index (χ2v) is 8.45. The molecule has 7 heteroatoms. The highest BCUT2D eigenvalue weighted by atomic mass is 35.5. The van der Waals surface area contributed by atoms with Gasteiger partial charge in [-0.15, -0.1) is 0 Å². The van der Waals surface area contributed by atoms with Crippen LogP contribution < -0.4 is 5.32 Å². The number of rotatable bonds is 6. The van der Waals surface area contributed by atoms with Gasteiger partial charge in [0, 0.05) is 71.0 Å². The van der Waals surface area contributed by atoms with Crippen molar-refractivity contribution in [2.24, 2.45) is 4.99 Å². The molecule has 1 heterocycles. The lowest BCUT2D eigenvalue weighted by Crippen LogP contribution is -2.52. The zero-order valence-corrected chi connectivity index (χ0v) is 19.4. The third-order valence-corrected chi connectivity index (χ3v) is 5.69. The molecule has 0 radical (unpaired) electrons. The summed E-state index contributed by atoms with van der Waals surface area (Å²) in [6, 6.07) is 15.9. The van der Waals surface area contributed by atoms with Crippen LogP contribution in [-0.2, 0) is 13.0 Å². The van der Waals surface area contributed by atoms with E-state index in [0.29, 0.717) is 0 Å². The van der Waals surface area contributed by atoms with E-state index in [1.807, 2.05) is 43.4 Å². The van der Waals surface area contributed by atoms with Crippen molar-refractivity contribution >= 4 is 23.5 Å². The lowest BCUT2D eigenvalue weighted by atomic mass is 10.1. The van der Waals surface area contributed by atoms with E-state index in [2.05, 4.69) is 32.2 Å². The van der Waals surface area contributed by atoms with E-state index in [4.69, 9.17) is 11.6 Å². The van der Waals surface area contributed by atoms with E-state index in [1.54, 1.807) is 19.0 Å². The molecule has 1 amide bonds. The number of hydrogen-bond acceptors (Lipinski definition) is 3. The fourth-order valence-electron chi connectivity index (χ4n) is 3.78. The van der Waals surface area contributed by atoms with Gasteiger partial charge in [-0.05, 0) is 41.8 Å². The molecule has 0 spiro atoms. The number of nitrogens with one attached hydrogen (secondary N) is 1. The number of piperazine rings is 1. The van der Waals surface area contributed by atoms with Crippen molar-refractivity contribution < 1.29 is 4.79 Å². The van der Waals surface area contributed by atoms with Gasteiger partial charge in [-0.25, -0.2) is 0 Å². The van der Waals surface area contributed by atoms with Crippen LogP contribution in [0.4, 0.5) is 0 Å². The van der Waals surface area contributed by atoms with E-state index in [0.717, 1.165) is 67.8 Å². The molecule has 0 aliphatic carbocycles. The van der Waals surface area contributed by atoms with Crippen molar-refractivity contribution in [3.05, 3.63) is 70.2 Å². The Bertz CT molecular complexity index is 906. The third-order valence-electron chi connectivity index (χ3n) is 5.46. The topological polar surface area (TPSA) is 51.2 Å². The molecule has 1 fully saturated rings. The number of aliphatic imine (C=N–C) groups is 1. The normalized spacial score (nSPS) is 15.1. The maximum atomic E-state index is 12.2. The minimum Gasteiger partial charge on any atom is -0.356 e. The Morgan fingerprint density at radius 2 is 1.77 bits per heavy atom. The Kier molecular flexibility index (Phi) is 8.32. The Hall–Kier alpha value is -2.57. The van der Waals surface area contributed by atoms with E-state index >= 15 is 0 Å². The van der Waals surface area contributed by atoms with Crippen LogP contribution in [0.3, 0.4) is 0 Å². The van der Waals surface area contributed by atoms with Crippen molar-refractivity contribution in [1.29, 1.82) is 0 Å². The molecular weight excluding hydrogens is 410 g/mol. The number of nitrogens with zero attached hydrogens (tertiary/aromatic N) is 4. The molecule has 3 rings (SSSR count). The SMILES string of the molecule is CN=C(NCCc1cccc(C(=O)N(C)C)c1)N1CCN(Cc2cccc(Cl)c2)CC1. The van der Waals surface area contributed by atoms with Crippen LogP contribution in [0.15, 0.2) is 53.5 Å². The van der Waals surface area contributed by atoms with Gasteiger partial charge in [0.15, 0.2) is 5.96 Å². The van der Waals surface area contributed by atoms with Gasteiger partial charge in [0.1, 0.15) is 0 Å². The standard InChI is InChI=1S/C24H32ClN5O/c1-26-24(27-11-10-19-6-4-8-21(16-19)23(31)28(2)3)30-14-12-29(13-15-30)18-20-7-5-9-22(25)17-20/h4-9,16-17H,10-15,18H2,1-3H3,(H,26,27). The zero-order valence-electron chi connectivity index (χ0n) is 18.6. The average Bonchev–Trinajstić information content (AvgIpc) is 2.77. The van der Waals surface area contributed by atoms with Crippen LogP contribution in [0.2, 0.25) is 5.02 Å². The van der Waals surface area contributed by atoms with E-state index in [-0.39, 0.29) is 5.91 Å². The lowest BCUT2D eigenvalue weighted by Gasteiger charge is -2.36. The van der Waals surface area contributed by atoms with Gasteiger partial charge < -0.3 is 15.1 Å². The molecule has 1 N–H and O–H groups in total. The highest BCUT2D eigenvalue weighted by molar-refractivity contribution is 6.30. The van der Waals surface area contributed by atoms with Crippen LogP contribution in [0.5, 0.6) is 0 Å². The van der Waals surface area contributed by atoms with Gasteiger partial charge in [-0.1, -0.05) is 35.9 Å². The summed E-state index contributed by atoms with van der Waals surface area (Å²) in [5, 5.41) is 4.26. The minimum atomic E-state index is 0.0289. The first-order valence-electron chi connectivity index (χ1n) is 10.7. The monoisotopic (exact) mass is 441 g/mol. The van der Waals surface area contributed by atoms with Gasteiger partial charge in [-0.3, -0.25) is 14.7 Å². The molecule has 0 aromatic heterocycles. The summed E-state index contributed by atoms with van der Waals surface area (Å²) in [7, 11) is 5.38. The molecule has 2 aromatic carbocycles. The summed E-state index contributed by atoms with van der Waals surface area (Å²) >= 11 is 6.11. The molecule has 2 aromatic rings. The summed E-state index contributed by atoms with van der Waals surface area (Å²) < 4.78 is 0. The molecule has 0 unspecified atom stereocenters. The molecule has 166 valence electrons. The Morgan fingerprint density at radius 3 is 2.45 bits per heavy atom. The summed E-state index contributed by atoms with van der Waals surface area (Å²) in [5.41, 5.74) is 3.11. The minimum absolute atomic E-state index is 0.0289. The van der Waals surface area contributed by atoms with Gasteiger partial charge in [-0.2, -0.15) is 0 Å². The molecular formula is C24H32ClN5O. The first kappa shape index (κ1) is 23.1. The maximum Gasteiger partial charge on any atom is 0.253 e. The van der Waals surface area contributed by atoms with Gasteiger partial charge in [0.2, 0.25) is 0 Å². The third kappa shape index (κ3) is 6.71. The lowest BCUT2D eigenvalue weighted by molar-refractivity contribution is 0.0827. The fraction of sp³-hybridized carbons (Fsp3) is 0.417. The van der Waals surface area contributed by atoms with Crippen LogP contribution in [0.25, 0.3) is 0 Å². The highest BCUT2D eigenvalue weighted by Gasteiger charge is 2.19. The predicted octanol–water partition coefficient (Wildman–Crippen LogP) is 2.98. The molecule has 0 bridgehead atoms. The molecule has 0 saturated carbocycles. The number of benzene rings is 2. The number of halogens is 1. The van der Waals surface area contributed by atoms with Gasteiger partial charge >= 0.3 is 0 Å². The van der Waals surface area contributed by atoms with Gasteiger partial charge in [0.25, 0.3) is 5.91 Å². The van der Waals surface area contributed by atoms with Crippen molar-refractivity contribution in [2.75, 3.05) is 53.9 Å². The second kappa shape index (κ2) is 11.2. The fourth-order valence-corrected chi connectivity index (χ4v) is 3.99. The molecule has 31 heavy (non-hydrogen) atoms. The Balaban J connectivity index is 1.46. The first-order chi connectivity index (χ1) is 15.0. The number of guanidine groups is 1. The predicted molar refractivity (Wildman–Crippen MR) is 128 cm³/mol. The van der Waals surface area contributed by atoms with Crippen LogP contribution in [0, 0.1) is 0 Å². The average molecular weight is 442 g/mol. The summed E-state index contributed by atoms with van der Waals surface area (Å²) in [4.78, 5) is 23.0. The smallest absolute Gasteiger partial charge is 0.253 e.